The Kier molecular flexibility index (Phi) is 3.05. The van der Waals surface area contributed by atoms with Gasteiger partial charge in [0.25, 0.3) is 0 Å². The first-order valence-electron chi connectivity index (χ1n) is 5.72. The zero-order valence-electron chi connectivity index (χ0n) is 9.16. The Morgan fingerprint density at radius 3 is 2.73 bits per heavy atom. The van der Waals surface area contributed by atoms with Gasteiger partial charge in [0.15, 0.2) is 5.78 Å². The van der Waals surface area contributed by atoms with Crippen LogP contribution in [-0.4, -0.2) is 42.3 Å². The summed E-state index contributed by atoms with van der Waals surface area (Å²) in [4.78, 5) is 25.3. The van der Waals surface area contributed by atoms with Crippen molar-refractivity contribution in [3.05, 3.63) is 0 Å². The highest BCUT2D eigenvalue weighted by molar-refractivity contribution is 5.89. The number of carbonyl (C=O) groups excluding carboxylic acids is 2. The Labute approximate surface area is 90.0 Å². The summed E-state index contributed by atoms with van der Waals surface area (Å²) in [7, 11) is 0. The minimum atomic E-state index is -0.141. The molecule has 15 heavy (non-hydrogen) atoms. The molecule has 4 heteroatoms. The Morgan fingerprint density at radius 2 is 2.13 bits per heavy atom. The summed E-state index contributed by atoms with van der Waals surface area (Å²) in [5.74, 6) is 0.412. The molecule has 1 amide bonds. The zero-order valence-corrected chi connectivity index (χ0v) is 9.16. The number of nitrogens with zero attached hydrogens (tertiary/aromatic N) is 1. The van der Waals surface area contributed by atoms with Crippen LogP contribution in [0.2, 0.25) is 0 Å². The summed E-state index contributed by atoms with van der Waals surface area (Å²) in [6.07, 6.45) is 2.73. The average Bonchev–Trinajstić information content (AvgIpc) is 2.88. The summed E-state index contributed by atoms with van der Waals surface area (Å²) in [6.45, 7) is 4.05. The lowest BCUT2D eigenvalue weighted by Crippen LogP contribution is -2.43. The molecular weight excluding hydrogens is 192 g/mol. The fraction of sp³-hybridized carbons (Fsp3) is 0.818. The van der Waals surface area contributed by atoms with Crippen molar-refractivity contribution in [2.45, 2.75) is 32.2 Å². The van der Waals surface area contributed by atoms with E-state index in [1.54, 1.807) is 11.8 Å². The number of carbonyl (C=O) groups is 2. The van der Waals surface area contributed by atoms with Gasteiger partial charge in [0.1, 0.15) is 0 Å². The predicted octanol–water partition coefficient (Wildman–Crippen LogP) is 0.176. The zero-order chi connectivity index (χ0) is 10.8. The van der Waals surface area contributed by atoms with E-state index in [-0.39, 0.29) is 23.7 Å². The van der Waals surface area contributed by atoms with Gasteiger partial charge in [-0.05, 0) is 32.7 Å². The molecule has 0 radical (unpaired) electrons. The molecule has 2 atom stereocenters. The van der Waals surface area contributed by atoms with Crippen molar-refractivity contribution in [1.29, 1.82) is 0 Å². The fourth-order valence-electron chi connectivity index (χ4n) is 2.55. The lowest BCUT2D eigenvalue weighted by atomic mass is 10.1. The van der Waals surface area contributed by atoms with Gasteiger partial charge in [-0.1, -0.05) is 0 Å². The topological polar surface area (TPSA) is 49.4 Å². The molecule has 2 aliphatic heterocycles. The predicted molar refractivity (Wildman–Crippen MR) is 56.4 cm³/mol. The SMILES string of the molecule is CC(=O)[C@H]1CCCN1C(=O)[C@H]1CCNC1. The second-order valence-electron chi connectivity index (χ2n) is 4.49. The number of rotatable bonds is 2. The van der Waals surface area contributed by atoms with Crippen LogP contribution in [-0.2, 0) is 9.59 Å². The smallest absolute Gasteiger partial charge is 0.227 e. The number of Topliss-reactive ketones (excluding diaryl/α,β-unsaturated/α-hetero) is 1. The molecule has 0 unspecified atom stereocenters. The van der Waals surface area contributed by atoms with Crippen molar-refractivity contribution in [3.63, 3.8) is 0 Å². The minimum absolute atomic E-state index is 0.102. The van der Waals surface area contributed by atoms with Gasteiger partial charge >= 0.3 is 0 Å². The maximum absolute atomic E-state index is 12.1. The molecule has 4 nitrogen and oxygen atoms in total. The molecule has 0 aromatic carbocycles. The van der Waals surface area contributed by atoms with Crippen molar-refractivity contribution in [2.75, 3.05) is 19.6 Å². The monoisotopic (exact) mass is 210 g/mol. The van der Waals surface area contributed by atoms with Crippen LogP contribution in [0.4, 0.5) is 0 Å². The largest absolute Gasteiger partial charge is 0.332 e. The van der Waals surface area contributed by atoms with E-state index in [2.05, 4.69) is 5.32 Å². The first kappa shape index (κ1) is 10.6. The van der Waals surface area contributed by atoms with Crippen LogP contribution in [0.25, 0.3) is 0 Å². The van der Waals surface area contributed by atoms with Crippen LogP contribution in [0.3, 0.4) is 0 Å². The lowest BCUT2D eigenvalue weighted by molar-refractivity contribution is -0.139. The maximum atomic E-state index is 12.1. The standard InChI is InChI=1S/C11H18N2O2/c1-8(14)10-3-2-6-13(10)11(15)9-4-5-12-7-9/h9-10,12H,2-7H2,1H3/t9-,10+/m0/s1. The van der Waals surface area contributed by atoms with Gasteiger partial charge in [0.05, 0.1) is 12.0 Å². The van der Waals surface area contributed by atoms with Gasteiger partial charge in [0.2, 0.25) is 5.91 Å². The molecule has 0 aromatic rings. The fourth-order valence-corrected chi connectivity index (χ4v) is 2.55. The number of amides is 1. The highest BCUT2D eigenvalue weighted by atomic mass is 16.2. The Bertz CT molecular complexity index is 272. The van der Waals surface area contributed by atoms with Crippen LogP contribution in [0, 0.1) is 5.92 Å². The minimum Gasteiger partial charge on any atom is -0.332 e. The number of ketones is 1. The third-order valence-corrected chi connectivity index (χ3v) is 3.41. The van der Waals surface area contributed by atoms with Gasteiger partial charge in [0, 0.05) is 13.1 Å². The second-order valence-corrected chi connectivity index (χ2v) is 4.49. The number of likely N-dealkylation sites (tertiary alicyclic amines) is 1. The van der Waals surface area contributed by atoms with Crippen LogP contribution in [0.15, 0.2) is 0 Å². The molecule has 2 aliphatic rings. The lowest BCUT2D eigenvalue weighted by Gasteiger charge is -2.25. The normalized spacial score (nSPS) is 30.9. The average molecular weight is 210 g/mol. The molecular formula is C11H18N2O2. The van der Waals surface area contributed by atoms with Crippen LogP contribution < -0.4 is 5.32 Å². The van der Waals surface area contributed by atoms with E-state index in [9.17, 15) is 9.59 Å². The first-order chi connectivity index (χ1) is 7.20. The van der Waals surface area contributed by atoms with Crippen LogP contribution in [0.5, 0.6) is 0 Å². The molecule has 0 bridgehead atoms. The van der Waals surface area contributed by atoms with Crippen molar-refractivity contribution >= 4 is 11.7 Å². The summed E-state index contributed by atoms with van der Waals surface area (Å²) < 4.78 is 0. The highest BCUT2D eigenvalue weighted by Gasteiger charge is 2.36. The van der Waals surface area contributed by atoms with E-state index in [1.165, 1.54) is 0 Å². The van der Waals surface area contributed by atoms with Crippen molar-refractivity contribution in [2.24, 2.45) is 5.92 Å². The molecule has 0 aliphatic carbocycles. The Hall–Kier alpha value is -0.900. The van der Waals surface area contributed by atoms with Gasteiger partial charge in [-0.15, -0.1) is 0 Å². The van der Waals surface area contributed by atoms with Gasteiger partial charge in [-0.3, -0.25) is 9.59 Å². The highest BCUT2D eigenvalue weighted by Crippen LogP contribution is 2.22. The third-order valence-electron chi connectivity index (χ3n) is 3.41. The number of hydrogen-bond acceptors (Lipinski definition) is 3. The van der Waals surface area contributed by atoms with Crippen molar-refractivity contribution in [3.8, 4) is 0 Å². The summed E-state index contributed by atoms with van der Waals surface area (Å²) >= 11 is 0. The van der Waals surface area contributed by atoms with E-state index in [0.717, 1.165) is 38.9 Å². The molecule has 2 fully saturated rings. The molecule has 84 valence electrons. The first-order valence-corrected chi connectivity index (χ1v) is 5.72. The van der Waals surface area contributed by atoms with Gasteiger partial charge in [-0.2, -0.15) is 0 Å². The maximum Gasteiger partial charge on any atom is 0.227 e. The Balaban J connectivity index is 2.02. The van der Waals surface area contributed by atoms with Crippen LogP contribution >= 0.6 is 0 Å². The summed E-state index contributed by atoms with van der Waals surface area (Å²) in [5, 5.41) is 3.19. The van der Waals surface area contributed by atoms with E-state index < -0.39 is 0 Å². The van der Waals surface area contributed by atoms with E-state index >= 15 is 0 Å². The number of nitrogens with one attached hydrogen (secondary N) is 1. The Morgan fingerprint density at radius 1 is 1.33 bits per heavy atom. The molecule has 2 heterocycles. The van der Waals surface area contributed by atoms with Crippen LogP contribution in [0.1, 0.15) is 26.2 Å². The van der Waals surface area contributed by atoms with E-state index in [1.807, 2.05) is 0 Å². The molecule has 2 rings (SSSR count). The summed E-state index contributed by atoms with van der Waals surface area (Å²) in [6, 6.07) is -0.141. The third kappa shape index (κ3) is 2.04. The molecule has 0 spiro atoms. The van der Waals surface area contributed by atoms with Gasteiger partial charge < -0.3 is 10.2 Å². The molecule has 0 aromatic heterocycles. The molecule has 2 saturated heterocycles. The summed E-state index contributed by atoms with van der Waals surface area (Å²) in [5.41, 5.74) is 0. The molecule has 1 N–H and O–H groups in total. The van der Waals surface area contributed by atoms with Crippen molar-refractivity contribution in [1.82, 2.24) is 10.2 Å². The quantitative estimate of drug-likeness (QED) is 0.707. The van der Waals surface area contributed by atoms with Crippen molar-refractivity contribution < 1.29 is 9.59 Å². The van der Waals surface area contributed by atoms with E-state index in [4.69, 9.17) is 0 Å². The van der Waals surface area contributed by atoms with Gasteiger partial charge in [-0.25, -0.2) is 0 Å². The number of hydrogen-bond donors (Lipinski definition) is 1. The second kappa shape index (κ2) is 4.31. The molecule has 0 saturated carbocycles. The van der Waals surface area contributed by atoms with E-state index in [0.29, 0.717) is 0 Å².